The lowest BCUT2D eigenvalue weighted by molar-refractivity contribution is -0.0424. The second kappa shape index (κ2) is 9.98. The third-order valence-corrected chi connectivity index (χ3v) is 7.00. The highest BCUT2D eigenvalue weighted by Crippen LogP contribution is 2.32. The van der Waals surface area contributed by atoms with E-state index in [0.29, 0.717) is 48.5 Å². The molecule has 0 spiro atoms. The molecule has 2 aromatic heterocycles. The molecule has 1 unspecified atom stereocenters. The van der Waals surface area contributed by atoms with E-state index < -0.39 is 24.2 Å². The Morgan fingerprint density at radius 1 is 1.28 bits per heavy atom. The highest BCUT2D eigenvalue weighted by Gasteiger charge is 2.31. The van der Waals surface area contributed by atoms with Crippen molar-refractivity contribution in [3.05, 3.63) is 73.9 Å². The van der Waals surface area contributed by atoms with Crippen LogP contribution in [0.3, 0.4) is 0 Å². The fourth-order valence-electron chi connectivity index (χ4n) is 4.83. The molecule has 9 nitrogen and oxygen atoms in total. The summed E-state index contributed by atoms with van der Waals surface area (Å²) in [6.45, 7) is 1.13. The average molecular weight is 520 g/mol. The number of hydrogen-bond donors (Lipinski definition) is 1. The predicted octanol–water partition coefficient (Wildman–Crippen LogP) is 4.04. The summed E-state index contributed by atoms with van der Waals surface area (Å²) in [6.07, 6.45) is 1.30. The van der Waals surface area contributed by atoms with Gasteiger partial charge in [0.15, 0.2) is 11.9 Å². The summed E-state index contributed by atoms with van der Waals surface area (Å²) in [5.74, 6) is -1.22. The number of aromatic carboxylic acids is 1. The van der Waals surface area contributed by atoms with Gasteiger partial charge in [0.05, 0.1) is 18.4 Å². The number of rotatable bonds is 6. The molecule has 12 heteroatoms. The molecule has 0 radical (unpaired) electrons. The lowest BCUT2D eigenvalue weighted by atomic mass is 10.0. The van der Waals surface area contributed by atoms with E-state index >= 15 is 0 Å². The molecule has 0 amide bonds. The summed E-state index contributed by atoms with van der Waals surface area (Å²) >= 11 is 6.46. The largest absolute Gasteiger partial charge is 0.476 e. The van der Waals surface area contributed by atoms with Gasteiger partial charge in [0, 0.05) is 42.9 Å². The second-order valence-corrected chi connectivity index (χ2v) is 9.20. The van der Waals surface area contributed by atoms with Gasteiger partial charge in [-0.15, -0.1) is 0 Å². The van der Waals surface area contributed by atoms with Gasteiger partial charge in [-0.05, 0) is 24.8 Å². The van der Waals surface area contributed by atoms with E-state index in [4.69, 9.17) is 16.3 Å². The lowest BCUT2D eigenvalue weighted by Crippen LogP contribution is -2.36. The third kappa shape index (κ3) is 4.48. The molecule has 0 saturated carbocycles. The predicted molar refractivity (Wildman–Crippen MR) is 127 cm³/mol. The molecule has 190 valence electrons. The molecule has 1 N–H and O–H groups in total. The average Bonchev–Trinajstić information content (AvgIpc) is 3.24. The molecule has 1 aromatic carbocycles. The zero-order valence-electron chi connectivity index (χ0n) is 19.2. The molecule has 1 saturated heterocycles. The summed E-state index contributed by atoms with van der Waals surface area (Å²) in [7, 11) is 0. The Hall–Kier alpha value is -3.31. The molecule has 2 aliphatic heterocycles. The van der Waals surface area contributed by atoms with Crippen LogP contribution < -0.4 is 10.5 Å². The van der Waals surface area contributed by atoms with Crippen LogP contribution >= 0.6 is 11.6 Å². The molecule has 1 atom stereocenters. The summed E-state index contributed by atoms with van der Waals surface area (Å²) in [5.41, 5.74) is 1.14. The number of hydrogen-bond acceptors (Lipinski definition) is 6. The molecular weight excluding hydrogens is 496 g/mol. The number of anilines is 1. The van der Waals surface area contributed by atoms with Crippen molar-refractivity contribution in [2.24, 2.45) is 0 Å². The Balaban J connectivity index is 1.45. The number of benzene rings is 1. The van der Waals surface area contributed by atoms with Crippen LogP contribution in [0.1, 0.15) is 64.8 Å². The van der Waals surface area contributed by atoms with Gasteiger partial charge in [-0.25, -0.2) is 13.6 Å². The minimum Gasteiger partial charge on any atom is -0.476 e. The van der Waals surface area contributed by atoms with Crippen LogP contribution in [0.15, 0.2) is 35.3 Å². The van der Waals surface area contributed by atoms with Gasteiger partial charge in [0.1, 0.15) is 5.02 Å². The Bertz CT molecular complexity index is 1350. The number of fused-ring (bicyclic) bond motifs is 1. The molecule has 2 aliphatic rings. The summed E-state index contributed by atoms with van der Waals surface area (Å²) in [4.78, 5) is 26.7. The number of halogens is 3. The van der Waals surface area contributed by atoms with Crippen molar-refractivity contribution >= 4 is 23.3 Å². The second-order valence-electron chi connectivity index (χ2n) is 8.82. The van der Waals surface area contributed by atoms with Crippen LogP contribution in [-0.2, 0) is 24.2 Å². The number of carboxylic acids is 1. The van der Waals surface area contributed by atoms with Gasteiger partial charge in [0.2, 0.25) is 0 Å². The van der Waals surface area contributed by atoms with Crippen LogP contribution in [0.5, 0.6) is 0 Å². The van der Waals surface area contributed by atoms with Crippen molar-refractivity contribution in [2.75, 3.05) is 18.1 Å². The molecular formula is C24H24ClF2N5O4. The first kappa shape index (κ1) is 24.4. The van der Waals surface area contributed by atoms with Crippen LogP contribution in [0.2, 0.25) is 5.02 Å². The number of nitrogens with zero attached hydrogens (tertiary/aromatic N) is 5. The topological polar surface area (TPSA) is 102 Å². The third-order valence-electron chi connectivity index (χ3n) is 6.64. The maximum Gasteiger partial charge on any atom is 0.356 e. The van der Waals surface area contributed by atoms with Crippen LogP contribution in [0.25, 0.3) is 0 Å². The zero-order chi connectivity index (χ0) is 25.4. The standard InChI is InChI=1S/C24H24ClF2N5O4/c25-20-18(11-28-32(23(20)33)19-7-3-4-10-36-19)30-9-8-17-16(13-30)21(24(34)35)29-31(17)12-14-5-1-2-6-15(14)22(26)27/h1-2,5-6,11,19,22H,3-4,7-10,12-13H2,(H,34,35). The highest BCUT2D eigenvalue weighted by atomic mass is 35.5. The smallest absolute Gasteiger partial charge is 0.356 e. The molecule has 0 aliphatic carbocycles. The monoisotopic (exact) mass is 519 g/mol. The minimum absolute atomic E-state index is 0.0160. The maximum absolute atomic E-state index is 13.5. The summed E-state index contributed by atoms with van der Waals surface area (Å²) in [6, 6.07) is 6.13. The normalized spacial score (nSPS) is 17.9. The van der Waals surface area contributed by atoms with E-state index in [1.807, 2.05) is 0 Å². The number of aromatic nitrogens is 4. The van der Waals surface area contributed by atoms with Crippen molar-refractivity contribution in [1.29, 1.82) is 0 Å². The van der Waals surface area contributed by atoms with E-state index in [1.54, 1.807) is 17.0 Å². The number of alkyl halides is 2. The Kier molecular flexibility index (Phi) is 6.76. The quantitative estimate of drug-likeness (QED) is 0.524. The molecule has 1 fully saturated rings. The van der Waals surface area contributed by atoms with Gasteiger partial charge in [-0.2, -0.15) is 14.9 Å². The van der Waals surface area contributed by atoms with Crippen molar-refractivity contribution in [1.82, 2.24) is 19.6 Å². The Morgan fingerprint density at radius 2 is 2.08 bits per heavy atom. The van der Waals surface area contributed by atoms with E-state index in [2.05, 4.69) is 10.2 Å². The van der Waals surface area contributed by atoms with Gasteiger partial charge >= 0.3 is 5.97 Å². The minimum atomic E-state index is -2.65. The molecule has 36 heavy (non-hydrogen) atoms. The summed E-state index contributed by atoms with van der Waals surface area (Å²) < 4.78 is 35.3. The first-order chi connectivity index (χ1) is 17.3. The van der Waals surface area contributed by atoms with Gasteiger partial charge in [-0.3, -0.25) is 9.48 Å². The molecule has 5 rings (SSSR count). The van der Waals surface area contributed by atoms with E-state index in [9.17, 15) is 23.5 Å². The molecule has 3 aromatic rings. The number of ether oxygens (including phenoxy) is 1. The fraction of sp³-hybridized carbons (Fsp3) is 0.417. The van der Waals surface area contributed by atoms with Crippen molar-refractivity contribution < 1.29 is 23.4 Å². The lowest BCUT2D eigenvalue weighted by Gasteiger charge is -2.30. The van der Waals surface area contributed by atoms with Gasteiger partial charge < -0.3 is 14.7 Å². The van der Waals surface area contributed by atoms with Crippen LogP contribution in [0, 0.1) is 0 Å². The van der Waals surface area contributed by atoms with Crippen LogP contribution in [-0.4, -0.2) is 43.8 Å². The van der Waals surface area contributed by atoms with E-state index in [0.717, 1.165) is 12.8 Å². The number of carbonyl (C=O) groups is 1. The summed E-state index contributed by atoms with van der Waals surface area (Å²) in [5, 5.41) is 18.3. The molecule has 0 bridgehead atoms. The van der Waals surface area contributed by atoms with E-state index in [1.165, 1.54) is 27.7 Å². The van der Waals surface area contributed by atoms with Crippen molar-refractivity contribution in [3.63, 3.8) is 0 Å². The Morgan fingerprint density at radius 3 is 2.81 bits per heavy atom. The molecule has 4 heterocycles. The van der Waals surface area contributed by atoms with Crippen LogP contribution in [0.4, 0.5) is 14.5 Å². The van der Waals surface area contributed by atoms with Gasteiger partial charge in [0.25, 0.3) is 12.0 Å². The van der Waals surface area contributed by atoms with Crippen molar-refractivity contribution in [3.8, 4) is 0 Å². The van der Waals surface area contributed by atoms with Crippen molar-refractivity contribution in [2.45, 2.75) is 51.4 Å². The fourth-order valence-corrected chi connectivity index (χ4v) is 5.08. The van der Waals surface area contributed by atoms with E-state index in [-0.39, 0.29) is 29.4 Å². The first-order valence-corrected chi connectivity index (χ1v) is 12.0. The maximum atomic E-state index is 13.5. The highest BCUT2D eigenvalue weighted by molar-refractivity contribution is 6.33. The zero-order valence-corrected chi connectivity index (χ0v) is 20.0. The first-order valence-electron chi connectivity index (χ1n) is 11.7. The van der Waals surface area contributed by atoms with Gasteiger partial charge in [-0.1, -0.05) is 35.9 Å². The SMILES string of the molecule is O=C(O)c1nn(Cc2ccccc2C(F)F)c2c1CN(c1cnn(C3CCCCO3)c(=O)c1Cl)CC2. The Labute approximate surface area is 209 Å². The number of carboxylic acid groups (broad SMARTS) is 1.